The van der Waals surface area contributed by atoms with E-state index in [0.29, 0.717) is 0 Å². The van der Waals surface area contributed by atoms with Crippen LogP contribution >= 0.6 is 22.6 Å². The molecule has 0 N–H and O–H groups in total. The SMILES string of the molecule is [CH2]c1c(C)ccc(I)c1C. The second-order valence-corrected chi connectivity index (χ2v) is 3.63. The van der Waals surface area contributed by atoms with Gasteiger partial charge in [0.1, 0.15) is 0 Å². The molecule has 0 saturated carbocycles. The van der Waals surface area contributed by atoms with E-state index in [1.807, 2.05) is 0 Å². The first-order chi connectivity index (χ1) is 4.63. The summed E-state index contributed by atoms with van der Waals surface area (Å²) < 4.78 is 1.30. The highest BCUT2D eigenvalue weighted by Crippen LogP contribution is 2.17. The van der Waals surface area contributed by atoms with Crippen molar-refractivity contribution >= 4 is 22.6 Å². The zero-order valence-electron chi connectivity index (χ0n) is 6.24. The number of rotatable bonds is 0. The normalized spacial score (nSPS) is 10.0. The lowest BCUT2D eigenvalue weighted by Crippen LogP contribution is -1.88. The van der Waals surface area contributed by atoms with Gasteiger partial charge in [-0.3, -0.25) is 0 Å². The minimum Gasteiger partial charge on any atom is -0.0580 e. The number of hydrogen-bond donors (Lipinski definition) is 0. The Bertz CT molecular complexity index is 224. The zero-order chi connectivity index (χ0) is 7.72. The Kier molecular flexibility index (Phi) is 2.34. The van der Waals surface area contributed by atoms with E-state index in [2.05, 4.69) is 55.5 Å². The molecular formula is C9H10I. The molecule has 1 radical (unpaired) electrons. The fourth-order valence-corrected chi connectivity index (χ4v) is 1.37. The highest BCUT2D eigenvalue weighted by molar-refractivity contribution is 14.1. The van der Waals surface area contributed by atoms with E-state index < -0.39 is 0 Å². The first-order valence-electron chi connectivity index (χ1n) is 3.20. The molecule has 0 amide bonds. The Morgan fingerprint density at radius 2 is 1.90 bits per heavy atom. The van der Waals surface area contributed by atoms with E-state index in [1.54, 1.807) is 0 Å². The molecule has 0 bridgehead atoms. The van der Waals surface area contributed by atoms with Gasteiger partial charge >= 0.3 is 0 Å². The third-order valence-corrected chi connectivity index (χ3v) is 2.94. The molecule has 0 unspecified atom stereocenters. The molecule has 53 valence electrons. The molecule has 0 heterocycles. The number of halogens is 1. The third-order valence-electron chi connectivity index (χ3n) is 1.77. The molecule has 0 aliphatic rings. The summed E-state index contributed by atoms with van der Waals surface area (Å²) in [6.07, 6.45) is 0. The first kappa shape index (κ1) is 8.05. The van der Waals surface area contributed by atoms with Crippen LogP contribution in [-0.4, -0.2) is 0 Å². The van der Waals surface area contributed by atoms with Gasteiger partial charge < -0.3 is 0 Å². The van der Waals surface area contributed by atoms with Crippen LogP contribution in [0, 0.1) is 24.3 Å². The van der Waals surface area contributed by atoms with Crippen molar-refractivity contribution in [2.75, 3.05) is 0 Å². The lowest BCUT2D eigenvalue weighted by atomic mass is 10.1. The molecule has 10 heavy (non-hydrogen) atoms. The second-order valence-electron chi connectivity index (χ2n) is 2.47. The van der Waals surface area contributed by atoms with Crippen LogP contribution in [0.4, 0.5) is 0 Å². The summed E-state index contributed by atoms with van der Waals surface area (Å²) in [5.41, 5.74) is 3.76. The van der Waals surface area contributed by atoms with Gasteiger partial charge in [-0.2, -0.15) is 0 Å². The van der Waals surface area contributed by atoms with Crippen molar-refractivity contribution in [1.29, 1.82) is 0 Å². The number of benzene rings is 1. The molecule has 0 nitrogen and oxygen atoms in total. The van der Waals surface area contributed by atoms with Crippen LogP contribution in [0.1, 0.15) is 16.7 Å². The molecule has 0 aromatic heterocycles. The van der Waals surface area contributed by atoms with Crippen molar-refractivity contribution in [2.45, 2.75) is 13.8 Å². The van der Waals surface area contributed by atoms with E-state index in [0.717, 1.165) is 0 Å². The van der Waals surface area contributed by atoms with Gasteiger partial charge in [0.25, 0.3) is 0 Å². The molecule has 0 saturated heterocycles. The highest BCUT2D eigenvalue weighted by Gasteiger charge is 1.98. The average Bonchev–Trinajstić information content (AvgIpc) is 1.93. The van der Waals surface area contributed by atoms with Crippen LogP contribution in [0.25, 0.3) is 0 Å². The van der Waals surface area contributed by atoms with Crippen molar-refractivity contribution in [2.24, 2.45) is 0 Å². The van der Waals surface area contributed by atoms with Gasteiger partial charge in [-0.15, -0.1) is 0 Å². The Hall–Kier alpha value is -0.0500. The van der Waals surface area contributed by atoms with Crippen molar-refractivity contribution in [3.8, 4) is 0 Å². The summed E-state index contributed by atoms with van der Waals surface area (Å²) in [7, 11) is 0. The Balaban J connectivity index is 3.34. The fourth-order valence-electron chi connectivity index (χ4n) is 0.864. The van der Waals surface area contributed by atoms with Crippen LogP contribution in [0.5, 0.6) is 0 Å². The van der Waals surface area contributed by atoms with Gasteiger partial charge in [-0.25, -0.2) is 0 Å². The number of aryl methyl sites for hydroxylation is 1. The van der Waals surface area contributed by atoms with Gasteiger partial charge in [-0.05, 0) is 66.1 Å². The molecule has 0 atom stereocenters. The topological polar surface area (TPSA) is 0 Å². The molecule has 0 fully saturated rings. The van der Waals surface area contributed by atoms with Gasteiger partial charge in [-0.1, -0.05) is 6.07 Å². The largest absolute Gasteiger partial charge is 0.0580 e. The average molecular weight is 245 g/mol. The summed E-state index contributed by atoms with van der Waals surface area (Å²) in [6.45, 7) is 8.17. The molecular weight excluding hydrogens is 235 g/mol. The van der Waals surface area contributed by atoms with Gasteiger partial charge in [0.15, 0.2) is 0 Å². The van der Waals surface area contributed by atoms with Crippen LogP contribution in [0.15, 0.2) is 12.1 Å². The summed E-state index contributed by atoms with van der Waals surface area (Å²) in [5, 5.41) is 0. The molecule has 1 rings (SSSR count). The molecule has 0 spiro atoms. The Morgan fingerprint density at radius 1 is 1.30 bits per heavy atom. The summed E-state index contributed by atoms with van der Waals surface area (Å²) in [5.74, 6) is 0. The first-order valence-corrected chi connectivity index (χ1v) is 4.28. The zero-order valence-corrected chi connectivity index (χ0v) is 8.40. The van der Waals surface area contributed by atoms with Gasteiger partial charge in [0, 0.05) is 3.57 Å². The van der Waals surface area contributed by atoms with E-state index >= 15 is 0 Å². The quantitative estimate of drug-likeness (QED) is 0.616. The highest BCUT2D eigenvalue weighted by atomic mass is 127. The van der Waals surface area contributed by atoms with Crippen molar-refractivity contribution in [1.82, 2.24) is 0 Å². The van der Waals surface area contributed by atoms with Crippen molar-refractivity contribution in [3.63, 3.8) is 0 Å². The van der Waals surface area contributed by atoms with Crippen molar-refractivity contribution in [3.05, 3.63) is 39.3 Å². The predicted molar refractivity (Wildman–Crippen MR) is 53.1 cm³/mol. The van der Waals surface area contributed by atoms with Crippen LogP contribution in [0.3, 0.4) is 0 Å². The molecule has 0 aliphatic heterocycles. The summed E-state index contributed by atoms with van der Waals surface area (Å²) in [6, 6.07) is 4.23. The maximum absolute atomic E-state index is 3.98. The van der Waals surface area contributed by atoms with Crippen molar-refractivity contribution < 1.29 is 0 Å². The fraction of sp³-hybridized carbons (Fsp3) is 0.222. The maximum Gasteiger partial charge on any atom is 0.0162 e. The summed E-state index contributed by atoms with van der Waals surface area (Å²) in [4.78, 5) is 0. The maximum atomic E-state index is 3.98. The Labute approximate surface area is 75.8 Å². The summed E-state index contributed by atoms with van der Waals surface area (Å²) >= 11 is 2.33. The van der Waals surface area contributed by atoms with E-state index in [-0.39, 0.29) is 0 Å². The molecule has 1 aromatic rings. The monoisotopic (exact) mass is 245 g/mol. The third kappa shape index (κ3) is 1.34. The van der Waals surface area contributed by atoms with E-state index in [4.69, 9.17) is 0 Å². The minimum atomic E-state index is 1.17. The van der Waals surface area contributed by atoms with E-state index in [9.17, 15) is 0 Å². The standard InChI is InChI=1S/C9H10I/c1-6-4-5-9(10)8(3)7(6)2/h4-5H,2H2,1,3H3. The molecule has 0 aliphatic carbocycles. The van der Waals surface area contributed by atoms with E-state index in [1.165, 1.54) is 20.3 Å². The lowest BCUT2D eigenvalue weighted by molar-refractivity contribution is 1.31. The van der Waals surface area contributed by atoms with Gasteiger partial charge in [0.2, 0.25) is 0 Å². The second kappa shape index (κ2) is 2.91. The van der Waals surface area contributed by atoms with Gasteiger partial charge in [0.05, 0.1) is 0 Å². The predicted octanol–water partition coefficient (Wildman–Crippen LogP) is 3.09. The van der Waals surface area contributed by atoms with Crippen LogP contribution < -0.4 is 0 Å². The molecule has 1 heteroatoms. The smallest absolute Gasteiger partial charge is 0.0162 e. The molecule has 1 aromatic carbocycles. The minimum absolute atomic E-state index is 1.17. The van der Waals surface area contributed by atoms with Crippen LogP contribution in [-0.2, 0) is 0 Å². The Morgan fingerprint density at radius 3 is 2.40 bits per heavy atom. The lowest BCUT2D eigenvalue weighted by Gasteiger charge is -2.04. The van der Waals surface area contributed by atoms with Crippen LogP contribution in [0.2, 0.25) is 0 Å². The number of hydrogen-bond acceptors (Lipinski definition) is 0.